The summed E-state index contributed by atoms with van der Waals surface area (Å²) in [6.07, 6.45) is 0. The van der Waals surface area contributed by atoms with Gasteiger partial charge in [0.15, 0.2) is 0 Å². The van der Waals surface area contributed by atoms with Gasteiger partial charge in [0.05, 0.1) is 0 Å². The van der Waals surface area contributed by atoms with Crippen molar-refractivity contribution in [1.29, 1.82) is 0 Å². The lowest BCUT2D eigenvalue weighted by atomic mass is 10.1. The van der Waals surface area contributed by atoms with Crippen LogP contribution in [-0.2, 0) is 4.79 Å². The fraction of sp³-hybridized carbons (Fsp3) is 0.0833. The minimum Gasteiger partial charge on any atom is -0.508 e. The molecule has 0 aliphatic rings. The predicted octanol–water partition coefficient (Wildman–Crippen LogP) is 2.55. The molecular weight excluding hydrogens is 192 g/mol. The molecule has 0 saturated carbocycles. The molecule has 0 aliphatic carbocycles. The Morgan fingerprint density at radius 2 is 1.60 bits per heavy atom. The number of phenolic OH excluding ortho intramolecular Hbond substituents is 1. The first-order chi connectivity index (χ1) is 7.17. The number of carboxylic acid groups (broad SMARTS) is 1. The maximum Gasteiger partial charge on any atom is 0.290 e. The summed E-state index contributed by atoms with van der Waals surface area (Å²) in [6, 6.07) is 11.6. The molecule has 2 rings (SSSR count). The van der Waals surface area contributed by atoms with E-state index in [0.29, 0.717) is 5.75 Å². The van der Waals surface area contributed by atoms with Gasteiger partial charge in [0.2, 0.25) is 0 Å². The summed E-state index contributed by atoms with van der Waals surface area (Å²) in [5, 5.41) is 18.3. The first-order valence-corrected chi connectivity index (χ1v) is 4.44. The van der Waals surface area contributed by atoms with Crippen LogP contribution >= 0.6 is 0 Å². The summed E-state index contributed by atoms with van der Waals surface area (Å²) in [5.74, 6) is 0.325. The largest absolute Gasteiger partial charge is 0.508 e. The summed E-state index contributed by atoms with van der Waals surface area (Å²) in [6.45, 7) is 1.81. The van der Waals surface area contributed by atoms with Gasteiger partial charge in [0.1, 0.15) is 5.75 Å². The third kappa shape index (κ3) is 2.98. The van der Waals surface area contributed by atoms with E-state index in [1.54, 1.807) is 12.1 Å². The molecule has 0 aromatic heterocycles. The summed E-state index contributed by atoms with van der Waals surface area (Å²) in [4.78, 5) is 8.36. The molecule has 2 aromatic carbocycles. The molecule has 0 radical (unpaired) electrons. The minimum absolute atomic E-state index is 0.250. The van der Waals surface area contributed by atoms with Crippen molar-refractivity contribution in [3.8, 4) is 5.75 Å². The molecule has 2 aromatic rings. The van der Waals surface area contributed by atoms with Crippen molar-refractivity contribution in [1.82, 2.24) is 0 Å². The third-order valence-electron chi connectivity index (χ3n) is 1.98. The highest BCUT2D eigenvalue weighted by Crippen LogP contribution is 2.20. The molecule has 0 aliphatic heterocycles. The highest BCUT2D eigenvalue weighted by Gasteiger charge is 1.93. The molecule has 0 unspecified atom stereocenters. The number of fused-ring (bicyclic) bond motifs is 1. The topological polar surface area (TPSA) is 57.5 Å². The molecule has 2 N–H and O–H groups in total. The lowest BCUT2D eigenvalue weighted by Gasteiger charge is -1.99. The summed E-state index contributed by atoms with van der Waals surface area (Å²) >= 11 is 0. The summed E-state index contributed by atoms with van der Waals surface area (Å²) in [5.41, 5.74) is 1.24. The van der Waals surface area contributed by atoms with Gasteiger partial charge in [-0.05, 0) is 29.8 Å². The normalized spacial score (nSPS) is 9.13. The number of rotatable bonds is 0. The van der Waals surface area contributed by atoms with Gasteiger partial charge < -0.3 is 10.2 Å². The smallest absolute Gasteiger partial charge is 0.290 e. The fourth-order valence-corrected chi connectivity index (χ4v) is 1.35. The first-order valence-electron chi connectivity index (χ1n) is 4.44. The Bertz CT molecular complexity index is 422. The molecular formula is C12H12O3. The van der Waals surface area contributed by atoms with Crippen molar-refractivity contribution in [2.24, 2.45) is 0 Å². The van der Waals surface area contributed by atoms with Gasteiger partial charge in [-0.25, -0.2) is 0 Å². The quantitative estimate of drug-likeness (QED) is 0.648. The highest BCUT2D eigenvalue weighted by molar-refractivity contribution is 5.84. The van der Waals surface area contributed by atoms with Crippen LogP contribution in [0, 0.1) is 6.92 Å². The zero-order valence-corrected chi connectivity index (χ0v) is 8.34. The van der Waals surface area contributed by atoms with Crippen LogP contribution in [0.25, 0.3) is 10.8 Å². The SMILES string of the molecule is Cc1ccc2cc(O)ccc2c1.O=CO. The van der Waals surface area contributed by atoms with Gasteiger partial charge >= 0.3 is 0 Å². The van der Waals surface area contributed by atoms with Crippen molar-refractivity contribution in [2.75, 3.05) is 0 Å². The average Bonchev–Trinajstić information content (AvgIpc) is 2.20. The second-order valence-electron chi connectivity index (χ2n) is 3.14. The molecule has 78 valence electrons. The highest BCUT2D eigenvalue weighted by atomic mass is 16.3. The van der Waals surface area contributed by atoms with Gasteiger partial charge in [-0.1, -0.05) is 29.8 Å². The number of aromatic hydroxyl groups is 1. The molecule has 0 spiro atoms. The maximum atomic E-state index is 9.20. The van der Waals surface area contributed by atoms with Crippen LogP contribution in [0.2, 0.25) is 0 Å². The van der Waals surface area contributed by atoms with Crippen LogP contribution in [0.1, 0.15) is 5.56 Å². The van der Waals surface area contributed by atoms with Crippen molar-refractivity contribution in [3.05, 3.63) is 42.0 Å². The number of aryl methyl sites for hydroxylation is 1. The monoisotopic (exact) mass is 204 g/mol. The number of benzene rings is 2. The van der Waals surface area contributed by atoms with Crippen molar-refractivity contribution in [3.63, 3.8) is 0 Å². The van der Waals surface area contributed by atoms with E-state index in [-0.39, 0.29) is 6.47 Å². The Kier molecular flexibility index (Phi) is 3.68. The fourth-order valence-electron chi connectivity index (χ4n) is 1.35. The Hall–Kier alpha value is -2.03. The maximum absolute atomic E-state index is 9.20. The lowest BCUT2D eigenvalue weighted by Crippen LogP contribution is -1.74. The predicted molar refractivity (Wildman–Crippen MR) is 59.0 cm³/mol. The number of hydrogen-bond donors (Lipinski definition) is 2. The Morgan fingerprint density at radius 1 is 1.07 bits per heavy atom. The van der Waals surface area contributed by atoms with E-state index in [2.05, 4.69) is 13.0 Å². The molecule has 0 fully saturated rings. The van der Waals surface area contributed by atoms with Crippen molar-refractivity contribution >= 4 is 17.2 Å². The van der Waals surface area contributed by atoms with E-state index in [9.17, 15) is 5.11 Å². The van der Waals surface area contributed by atoms with Crippen LogP contribution in [0.15, 0.2) is 36.4 Å². The van der Waals surface area contributed by atoms with E-state index >= 15 is 0 Å². The second-order valence-corrected chi connectivity index (χ2v) is 3.14. The van der Waals surface area contributed by atoms with Crippen LogP contribution in [0.5, 0.6) is 5.75 Å². The van der Waals surface area contributed by atoms with Crippen LogP contribution in [-0.4, -0.2) is 16.7 Å². The average molecular weight is 204 g/mol. The molecule has 3 nitrogen and oxygen atoms in total. The Morgan fingerprint density at radius 3 is 2.27 bits per heavy atom. The second kappa shape index (κ2) is 5.00. The van der Waals surface area contributed by atoms with Gasteiger partial charge in [0.25, 0.3) is 6.47 Å². The summed E-state index contributed by atoms with van der Waals surface area (Å²) in [7, 11) is 0. The van der Waals surface area contributed by atoms with Gasteiger partial charge in [0, 0.05) is 0 Å². The molecule has 0 heterocycles. The van der Waals surface area contributed by atoms with Gasteiger partial charge in [-0.2, -0.15) is 0 Å². The number of carbonyl (C=O) groups is 1. The van der Waals surface area contributed by atoms with Crippen molar-refractivity contribution in [2.45, 2.75) is 6.92 Å². The lowest BCUT2D eigenvalue weighted by molar-refractivity contribution is -0.122. The van der Waals surface area contributed by atoms with E-state index in [0.717, 1.165) is 5.39 Å². The summed E-state index contributed by atoms with van der Waals surface area (Å²) < 4.78 is 0. The number of phenols is 1. The van der Waals surface area contributed by atoms with Crippen LogP contribution < -0.4 is 0 Å². The third-order valence-corrected chi connectivity index (χ3v) is 1.98. The first kappa shape index (κ1) is 11.0. The minimum atomic E-state index is -0.250. The van der Waals surface area contributed by atoms with Crippen LogP contribution in [0.3, 0.4) is 0 Å². The van der Waals surface area contributed by atoms with Crippen molar-refractivity contribution < 1.29 is 15.0 Å². The van der Waals surface area contributed by atoms with Crippen LogP contribution in [0.4, 0.5) is 0 Å². The zero-order chi connectivity index (χ0) is 11.3. The molecule has 0 atom stereocenters. The molecule has 0 amide bonds. The van der Waals surface area contributed by atoms with E-state index in [1.165, 1.54) is 10.9 Å². The standard InChI is InChI=1S/C11H10O.CH2O2/c1-8-2-3-10-7-11(12)5-4-9(10)6-8;2-1-3/h2-7,12H,1H3;1H,(H,2,3). The van der Waals surface area contributed by atoms with E-state index in [4.69, 9.17) is 9.90 Å². The molecule has 3 heteroatoms. The van der Waals surface area contributed by atoms with Gasteiger partial charge in [-0.3, -0.25) is 4.79 Å². The van der Waals surface area contributed by atoms with Gasteiger partial charge in [-0.15, -0.1) is 0 Å². The van der Waals surface area contributed by atoms with E-state index < -0.39 is 0 Å². The molecule has 0 bridgehead atoms. The molecule has 15 heavy (non-hydrogen) atoms. The number of hydrogen-bond acceptors (Lipinski definition) is 2. The molecule has 0 saturated heterocycles. The Labute approximate surface area is 87.6 Å². The van der Waals surface area contributed by atoms with E-state index in [1.807, 2.05) is 18.2 Å². The Balaban J connectivity index is 0.000000337. The zero-order valence-electron chi connectivity index (χ0n) is 8.34.